The van der Waals surface area contributed by atoms with Crippen molar-refractivity contribution in [3.8, 4) is 0 Å². The first kappa shape index (κ1) is 13.8. The van der Waals surface area contributed by atoms with Crippen LogP contribution in [0.1, 0.15) is 13.8 Å². The molecule has 0 saturated heterocycles. The molecule has 0 aliphatic carbocycles. The Morgan fingerprint density at radius 1 is 0.857 bits per heavy atom. The maximum atomic E-state index is 9.16. The minimum atomic E-state index is -0.741. The van der Waals surface area contributed by atoms with Crippen LogP contribution < -0.4 is 0 Å². The third kappa shape index (κ3) is 4.85. The van der Waals surface area contributed by atoms with Crippen molar-refractivity contribution in [1.29, 1.82) is 0 Å². The molecule has 0 aliphatic heterocycles. The van der Waals surface area contributed by atoms with Crippen molar-refractivity contribution < 1.29 is 20.4 Å². The lowest BCUT2D eigenvalue weighted by molar-refractivity contribution is -0.0689. The molecule has 0 bridgehead atoms. The van der Waals surface area contributed by atoms with Crippen molar-refractivity contribution in [2.45, 2.75) is 26.3 Å². The van der Waals surface area contributed by atoms with E-state index < -0.39 is 12.5 Å². The van der Waals surface area contributed by atoms with E-state index in [-0.39, 0.29) is 13.5 Å². The summed E-state index contributed by atoms with van der Waals surface area (Å²) in [5.74, 6) is 0. The van der Waals surface area contributed by atoms with E-state index in [1.807, 2.05) is 0 Å². The SMILES string of the molecule is CC(O)N(CO)CCN(CO)C(C)O. The van der Waals surface area contributed by atoms with E-state index in [1.165, 1.54) is 9.80 Å². The summed E-state index contributed by atoms with van der Waals surface area (Å²) in [5.41, 5.74) is 0. The van der Waals surface area contributed by atoms with Gasteiger partial charge in [0.15, 0.2) is 0 Å². The van der Waals surface area contributed by atoms with Crippen LogP contribution in [0.2, 0.25) is 0 Å². The second kappa shape index (κ2) is 7.10. The summed E-state index contributed by atoms with van der Waals surface area (Å²) in [4.78, 5) is 2.82. The lowest BCUT2D eigenvalue weighted by Gasteiger charge is -2.28. The topological polar surface area (TPSA) is 87.4 Å². The Morgan fingerprint density at radius 2 is 1.14 bits per heavy atom. The van der Waals surface area contributed by atoms with Gasteiger partial charge in [-0.2, -0.15) is 0 Å². The van der Waals surface area contributed by atoms with Gasteiger partial charge in [0.1, 0.15) is 12.5 Å². The first-order valence-corrected chi connectivity index (χ1v) is 4.58. The first-order chi connectivity index (χ1) is 6.52. The third-order valence-corrected chi connectivity index (χ3v) is 2.09. The maximum Gasteiger partial charge on any atom is 0.106 e. The summed E-state index contributed by atoms with van der Waals surface area (Å²) in [7, 11) is 0. The molecule has 0 aliphatic rings. The van der Waals surface area contributed by atoms with E-state index in [0.29, 0.717) is 13.1 Å². The second-order valence-electron chi connectivity index (χ2n) is 3.17. The fraction of sp³-hybridized carbons (Fsp3) is 1.00. The summed E-state index contributed by atoms with van der Waals surface area (Å²) in [5, 5.41) is 36.0. The van der Waals surface area contributed by atoms with Crippen LogP contribution in [0.3, 0.4) is 0 Å². The van der Waals surface area contributed by atoms with Gasteiger partial charge in [-0.05, 0) is 13.8 Å². The predicted molar refractivity (Wildman–Crippen MR) is 50.9 cm³/mol. The molecule has 0 fully saturated rings. The molecule has 0 radical (unpaired) electrons. The Labute approximate surface area is 84.0 Å². The largest absolute Gasteiger partial charge is 0.381 e. The maximum absolute atomic E-state index is 9.16. The molecule has 86 valence electrons. The zero-order valence-electron chi connectivity index (χ0n) is 8.67. The summed E-state index contributed by atoms with van der Waals surface area (Å²) in [6.07, 6.45) is -1.48. The smallest absolute Gasteiger partial charge is 0.106 e. The summed E-state index contributed by atoms with van der Waals surface area (Å²) < 4.78 is 0. The number of nitrogens with zero attached hydrogens (tertiary/aromatic N) is 2. The first-order valence-electron chi connectivity index (χ1n) is 4.58. The van der Waals surface area contributed by atoms with Crippen molar-refractivity contribution in [1.82, 2.24) is 9.80 Å². The zero-order valence-corrected chi connectivity index (χ0v) is 8.67. The summed E-state index contributed by atoms with van der Waals surface area (Å²) >= 11 is 0. The molecule has 0 aromatic heterocycles. The van der Waals surface area contributed by atoms with E-state index in [2.05, 4.69) is 0 Å². The lowest BCUT2D eigenvalue weighted by Crippen LogP contribution is -2.43. The van der Waals surface area contributed by atoms with Gasteiger partial charge in [0.05, 0.1) is 13.5 Å². The van der Waals surface area contributed by atoms with Gasteiger partial charge >= 0.3 is 0 Å². The van der Waals surface area contributed by atoms with Crippen molar-refractivity contribution in [3.05, 3.63) is 0 Å². The molecule has 0 spiro atoms. The average Bonchev–Trinajstić information content (AvgIpc) is 2.11. The zero-order chi connectivity index (χ0) is 11.1. The highest BCUT2D eigenvalue weighted by molar-refractivity contribution is 4.59. The predicted octanol–water partition coefficient (Wildman–Crippen LogP) is -1.83. The standard InChI is InChI=1S/C8H20N2O4/c1-7(13)9(5-11)3-4-10(6-12)8(2)14/h7-8,11-14H,3-6H2,1-2H3. The molecule has 14 heavy (non-hydrogen) atoms. The number of aliphatic hydroxyl groups is 4. The van der Waals surface area contributed by atoms with Gasteiger partial charge in [-0.3, -0.25) is 9.80 Å². The Hall–Kier alpha value is -0.240. The molecule has 6 heteroatoms. The van der Waals surface area contributed by atoms with Gasteiger partial charge < -0.3 is 20.4 Å². The summed E-state index contributed by atoms with van der Waals surface area (Å²) in [6.45, 7) is 3.33. The van der Waals surface area contributed by atoms with Crippen molar-refractivity contribution in [2.75, 3.05) is 26.6 Å². The third-order valence-electron chi connectivity index (χ3n) is 2.09. The molecule has 0 heterocycles. The number of aliphatic hydroxyl groups excluding tert-OH is 4. The Kier molecular flexibility index (Phi) is 6.98. The van der Waals surface area contributed by atoms with Crippen LogP contribution in [0.4, 0.5) is 0 Å². The quantitative estimate of drug-likeness (QED) is 0.368. The number of rotatable bonds is 7. The van der Waals surface area contributed by atoms with Gasteiger partial charge in [-0.15, -0.1) is 0 Å². The highest BCUT2D eigenvalue weighted by atomic mass is 16.3. The van der Waals surface area contributed by atoms with Crippen molar-refractivity contribution >= 4 is 0 Å². The fourth-order valence-corrected chi connectivity index (χ4v) is 1.01. The highest BCUT2D eigenvalue weighted by Crippen LogP contribution is 1.97. The van der Waals surface area contributed by atoms with Crippen LogP contribution >= 0.6 is 0 Å². The Bertz CT molecular complexity index is 127. The van der Waals surface area contributed by atoms with Gasteiger partial charge in [0.2, 0.25) is 0 Å². The lowest BCUT2D eigenvalue weighted by atomic mass is 10.4. The fourth-order valence-electron chi connectivity index (χ4n) is 1.01. The van der Waals surface area contributed by atoms with Gasteiger partial charge in [0, 0.05) is 13.1 Å². The van der Waals surface area contributed by atoms with E-state index >= 15 is 0 Å². The van der Waals surface area contributed by atoms with Gasteiger partial charge in [-0.25, -0.2) is 0 Å². The van der Waals surface area contributed by atoms with Gasteiger partial charge in [0.25, 0.3) is 0 Å². The molecule has 2 unspecified atom stereocenters. The molecule has 6 nitrogen and oxygen atoms in total. The highest BCUT2D eigenvalue weighted by Gasteiger charge is 2.13. The van der Waals surface area contributed by atoms with Crippen LogP contribution in [-0.4, -0.2) is 69.2 Å². The van der Waals surface area contributed by atoms with Crippen molar-refractivity contribution in [2.24, 2.45) is 0 Å². The summed E-state index contributed by atoms with van der Waals surface area (Å²) in [6, 6.07) is 0. The van der Waals surface area contributed by atoms with E-state index in [9.17, 15) is 0 Å². The molecule has 0 aromatic carbocycles. The molecule has 2 atom stereocenters. The minimum Gasteiger partial charge on any atom is -0.381 e. The monoisotopic (exact) mass is 208 g/mol. The Morgan fingerprint density at radius 3 is 1.29 bits per heavy atom. The molecular formula is C8H20N2O4. The van der Waals surface area contributed by atoms with Crippen molar-refractivity contribution in [3.63, 3.8) is 0 Å². The number of hydrogen-bond donors (Lipinski definition) is 4. The van der Waals surface area contributed by atoms with Crippen LogP contribution in [0.5, 0.6) is 0 Å². The van der Waals surface area contributed by atoms with E-state index in [1.54, 1.807) is 13.8 Å². The molecular weight excluding hydrogens is 188 g/mol. The van der Waals surface area contributed by atoms with E-state index in [4.69, 9.17) is 20.4 Å². The normalized spacial score (nSPS) is 16.3. The van der Waals surface area contributed by atoms with Crippen LogP contribution in [0, 0.1) is 0 Å². The molecule has 0 amide bonds. The molecule has 0 aromatic rings. The average molecular weight is 208 g/mol. The molecule has 0 saturated carbocycles. The van der Waals surface area contributed by atoms with Gasteiger partial charge in [-0.1, -0.05) is 0 Å². The molecule has 0 rings (SSSR count). The Balaban J connectivity index is 3.88. The van der Waals surface area contributed by atoms with E-state index in [0.717, 1.165) is 0 Å². The number of hydrogen-bond acceptors (Lipinski definition) is 6. The van der Waals surface area contributed by atoms with Crippen LogP contribution in [-0.2, 0) is 0 Å². The minimum absolute atomic E-state index is 0.253. The van der Waals surface area contributed by atoms with Crippen LogP contribution in [0.25, 0.3) is 0 Å². The second-order valence-corrected chi connectivity index (χ2v) is 3.17. The molecule has 4 N–H and O–H groups in total. The van der Waals surface area contributed by atoms with Crippen LogP contribution in [0.15, 0.2) is 0 Å².